The van der Waals surface area contributed by atoms with Crippen LogP contribution in [0.15, 0.2) is 28.7 Å². The van der Waals surface area contributed by atoms with E-state index in [0.29, 0.717) is 12.8 Å². The Hall–Kier alpha value is -0.870. The third-order valence-corrected chi connectivity index (χ3v) is 2.50. The summed E-state index contributed by atoms with van der Waals surface area (Å²) in [5, 5.41) is 8.57. The summed E-state index contributed by atoms with van der Waals surface area (Å²) in [6, 6.07) is 7.01. The van der Waals surface area contributed by atoms with E-state index in [9.17, 15) is 4.79 Å². The van der Waals surface area contributed by atoms with Crippen molar-refractivity contribution < 1.29 is 9.90 Å². The smallest absolute Gasteiger partial charge is 0.320 e. The zero-order valence-corrected chi connectivity index (χ0v) is 9.20. The molecule has 1 atom stereocenters. The molecule has 0 aliphatic heterocycles. The first-order chi connectivity index (χ1) is 6.59. The van der Waals surface area contributed by atoms with Crippen molar-refractivity contribution in [3.63, 3.8) is 0 Å². The SMILES string of the molecule is N[C@@H](CCc1ccc(Br)cc1)C(=O)O. The van der Waals surface area contributed by atoms with E-state index in [-0.39, 0.29) is 0 Å². The fourth-order valence-electron chi connectivity index (χ4n) is 1.10. The summed E-state index contributed by atoms with van der Waals surface area (Å²) in [5.74, 6) is -0.942. The largest absolute Gasteiger partial charge is 0.480 e. The molecule has 4 heteroatoms. The Kier molecular flexibility index (Phi) is 4.10. The number of carbonyl (C=O) groups is 1. The van der Waals surface area contributed by atoms with Gasteiger partial charge < -0.3 is 10.8 Å². The molecule has 0 spiro atoms. The van der Waals surface area contributed by atoms with E-state index in [0.717, 1.165) is 10.0 Å². The second-order valence-corrected chi connectivity index (χ2v) is 4.03. The summed E-state index contributed by atoms with van der Waals surface area (Å²) in [6.45, 7) is 0. The maximum absolute atomic E-state index is 10.4. The molecule has 1 rings (SSSR count). The maximum Gasteiger partial charge on any atom is 0.320 e. The third kappa shape index (κ3) is 3.47. The zero-order chi connectivity index (χ0) is 10.6. The average Bonchev–Trinajstić information content (AvgIpc) is 2.16. The van der Waals surface area contributed by atoms with Crippen LogP contribution in [0.1, 0.15) is 12.0 Å². The van der Waals surface area contributed by atoms with Gasteiger partial charge in [0.2, 0.25) is 0 Å². The van der Waals surface area contributed by atoms with E-state index in [1.54, 1.807) is 0 Å². The second kappa shape index (κ2) is 5.12. The number of hydrogen-bond acceptors (Lipinski definition) is 2. The molecule has 0 unspecified atom stereocenters. The lowest BCUT2D eigenvalue weighted by Crippen LogP contribution is -2.30. The molecule has 0 heterocycles. The number of hydrogen-bond donors (Lipinski definition) is 2. The zero-order valence-electron chi connectivity index (χ0n) is 7.61. The second-order valence-electron chi connectivity index (χ2n) is 3.11. The fourth-order valence-corrected chi connectivity index (χ4v) is 1.36. The molecule has 0 aliphatic carbocycles. The molecule has 0 fully saturated rings. The summed E-state index contributed by atoms with van der Waals surface area (Å²) in [6.07, 6.45) is 1.16. The first kappa shape index (κ1) is 11.2. The maximum atomic E-state index is 10.4. The highest BCUT2D eigenvalue weighted by Crippen LogP contribution is 2.12. The number of aryl methyl sites for hydroxylation is 1. The van der Waals surface area contributed by atoms with Gasteiger partial charge in [-0.15, -0.1) is 0 Å². The van der Waals surface area contributed by atoms with Gasteiger partial charge in [0.1, 0.15) is 6.04 Å². The van der Waals surface area contributed by atoms with E-state index in [1.807, 2.05) is 24.3 Å². The summed E-state index contributed by atoms with van der Waals surface area (Å²) >= 11 is 3.33. The number of aliphatic carboxylic acids is 1. The molecule has 0 aliphatic rings. The molecular weight excluding hydrogens is 246 g/mol. The number of rotatable bonds is 4. The van der Waals surface area contributed by atoms with Crippen LogP contribution < -0.4 is 5.73 Å². The highest BCUT2D eigenvalue weighted by molar-refractivity contribution is 9.10. The van der Waals surface area contributed by atoms with Crippen molar-refractivity contribution in [3.8, 4) is 0 Å². The summed E-state index contributed by atoms with van der Waals surface area (Å²) < 4.78 is 1.02. The van der Waals surface area contributed by atoms with Crippen molar-refractivity contribution in [2.75, 3.05) is 0 Å². The molecule has 3 N–H and O–H groups in total. The Morgan fingerprint density at radius 1 is 1.43 bits per heavy atom. The van der Waals surface area contributed by atoms with Crippen LogP contribution in [-0.4, -0.2) is 17.1 Å². The Bertz CT molecular complexity index is 310. The molecule has 76 valence electrons. The van der Waals surface area contributed by atoms with Crippen molar-refractivity contribution in [3.05, 3.63) is 34.3 Å². The number of carboxylic acid groups (broad SMARTS) is 1. The average molecular weight is 258 g/mol. The molecule has 0 radical (unpaired) electrons. The van der Waals surface area contributed by atoms with Crippen molar-refractivity contribution in [2.24, 2.45) is 5.73 Å². The van der Waals surface area contributed by atoms with Gasteiger partial charge in [-0.3, -0.25) is 4.79 Å². The topological polar surface area (TPSA) is 63.3 Å². The highest BCUT2D eigenvalue weighted by atomic mass is 79.9. The van der Waals surface area contributed by atoms with Gasteiger partial charge in [-0.1, -0.05) is 28.1 Å². The van der Waals surface area contributed by atoms with Crippen molar-refractivity contribution in [1.29, 1.82) is 0 Å². The molecule has 1 aromatic rings. The minimum atomic E-state index is -0.942. The lowest BCUT2D eigenvalue weighted by atomic mass is 10.1. The van der Waals surface area contributed by atoms with Crippen LogP contribution in [0.3, 0.4) is 0 Å². The molecule has 0 aromatic heterocycles. The number of nitrogens with two attached hydrogens (primary N) is 1. The molecule has 0 amide bonds. The van der Waals surface area contributed by atoms with E-state index in [2.05, 4.69) is 15.9 Å². The lowest BCUT2D eigenvalue weighted by Gasteiger charge is -2.05. The van der Waals surface area contributed by atoms with Crippen LogP contribution in [-0.2, 0) is 11.2 Å². The molecule has 1 aromatic carbocycles. The van der Waals surface area contributed by atoms with Crippen molar-refractivity contribution >= 4 is 21.9 Å². The van der Waals surface area contributed by atoms with Gasteiger partial charge in [-0.05, 0) is 30.5 Å². The summed E-state index contributed by atoms with van der Waals surface area (Å²) in [5.41, 5.74) is 6.49. The van der Waals surface area contributed by atoms with Crippen LogP contribution in [0, 0.1) is 0 Å². The minimum absolute atomic E-state index is 0.469. The van der Waals surface area contributed by atoms with Gasteiger partial charge in [0.25, 0.3) is 0 Å². The Morgan fingerprint density at radius 3 is 2.50 bits per heavy atom. The van der Waals surface area contributed by atoms with Crippen LogP contribution >= 0.6 is 15.9 Å². The van der Waals surface area contributed by atoms with E-state index in [1.165, 1.54) is 0 Å². The first-order valence-electron chi connectivity index (χ1n) is 4.32. The molecule has 0 saturated heterocycles. The first-order valence-corrected chi connectivity index (χ1v) is 5.11. The Morgan fingerprint density at radius 2 is 2.00 bits per heavy atom. The number of halogens is 1. The normalized spacial score (nSPS) is 12.4. The van der Waals surface area contributed by atoms with Gasteiger partial charge in [-0.2, -0.15) is 0 Å². The number of carboxylic acids is 1. The van der Waals surface area contributed by atoms with E-state index < -0.39 is 12.0 Å². The summed E-state index contributed by atoms with van der Waals surface area (Å²) in [4.78, 5) is 10.4. The quantitative estimate of drug-likeness (QED) is 0.865. The third-order valence-electron chi connectivity index (χ3n) is 1.97. The molecule has 0 bridgehead atoms. The Labute approximate surface area is 91.1 Å². The van der Waals surface area contributed by atoms with Crippen LogP contribution in [0.5, 0.6) is 0 Å². The molecule has 14 heavy (non-hydrogen) atoms. The van der Waals surface area contributed by atoms with Crippen molar-refractivity contribution in [2.45, 2.75) is 18.9 Å². The minimum Gasteiger partial charge on any atom is -0.480 e. The monoisotopic (exact) mass is 257 g/mol. The van der Waals surface area contributed by atoms with Crippen molar-refractivity contribution in [1.82, 2.24) is 0 Å². The van der Waals surface area contributed by atoms with Gasteiger partial charge in [-0.25, -0.2) is 0 Å². The standard InChI is InChI=1S/C10H12BrNO2/c11-8-4-1-7(2-5-8)3-6-9(12)10(13)14/h1-2,4-5,9H,3,6,12H2,(H,13,14)/t9-/m0/s1. The van der Waals surface area contributed by atoms with Gasteiger partial charge in [0.05, 0.1) is 0 Å². The predicted molar refractivity (Wildman–Crippen MR) is 58.1 cm³/mol. The van der Waals surface area contributed by atoms with Gasteiger partial charge in [0.15, 0.2) is 0 Å². The predicted octanol–water partition coefficient (Wildman–Crippen LogP) is 1.79. The highest BCUT2D eigenvalue weighted by Gasteiger charge is 2.10. The lowest BCUT2D eigenvalue weighted by molar-refractivity contribution is -0.138. The van der Waals surface area contributed by atoms with Crippen LogP contribution in [0.2, 0.25) is 0 Å². The number of benzene rings is 1. The van der Waals surface area contributed by atoms with E-state index >= 15 is 0 Å². The van der Waals surface area contributed by atoms with Crippen LogP contribution in [0.25, 0.3) is 0 Å². The Balaban J connectivity index is 2.46. The fraction of sp³-hybridized carbons (Fsp3) is 0.300. The summed E-state index contributed by atoms with van der Waals surface area (Å²) in [7, 11) is 0. The van der Waals surface area contributed by atoms with Gasteiger partial charge >= 0.3 is 5.97 Å². The molecular formula is C10H12BrNO2. The molecule has 0 saturated carbocycles. The molecule has 3 nitrogen and oxygen atoms in total. The van der Waals surface area contributed by atoms with Crippen LogP contribution in [0.4, 0.5) is 0 Å². The van der Waals surface area contributed by atoms with E-state index in [4.69, 9.17) is 10.8 Å². The van der Waals surface area contributed by atoms with Gasteiger partial charge in [0, 0.05) is 4.47 Å².